The molecule has 5 unspecified atom stereocenters. The molecule has 0 aromatic carbocycles. The molecular formula is C45H76N2O4. The molecule has 6 heteroatoms. The molecule has 0 spiro atoms. The van der Waals surface area contributed by atoms with Gasteiger partial charge in [-0.3, -0.25) is 9.59 Å². The largest absolute Gasteiger partial charge is 0.481 e. The Morgan fingerprint density at radius 3 is 2.16 bits per heavy atom. The van der Waals surface area contributed by atoms with E-state index in [4.69, 9.17) is 4.74 Å². The van der Waals surface area contributed by atoms with Crippen LogP contribution in [-0.4, -0.2) is 72.7 Å². The Hall–Kier alpha value is -1.40. The predicted octanol–water partition coefficient (Wildman–Crippen LogP) is 9.86. The average Bonchev–Trinajstić information content (AvgIpc) is 3.41. The number of rotatable bonds is 10. The molecule has 6 fully saturated rings. The number of carboxylic acids is 1. The quantitative estimate of drug-likeness (QED) is 0.180. The summed E-state index contributed by atoms with van der Waals surface area (Å²) in [6, 6.07) is 0.744. The van der Waals surface area contributed by atoms with Crippen LogP contribution in [0.3, 0.4) is 0 Å². The Morgan fingerprint density at radius 1 is 0.843 bits per heavy atom. The number of aliphatic carboxylic acids is 1. The van der Waals surface area contributed by atoms with Gasteiger partial charge in [-0.15, -0.1) is 0 Å². The van der Waals surface area contributed by atoms with Crippen molar-refractivity contribution in [1.82, 2.24) is 9.80 Å². The van der Waals surface area contributed by atoms with Crippen LogP contribution < -0.4 is 0 Å². The number of fused-ring (bicyclic) bond motifs is 7. The maximum Gasteiger partial charge on any atom is 0.306 e. The number of ether oxygens (including phenoxy) is 1. The van der Waals surface area contributed by atoms with E-state index in [1.807, 2.05) is 13.8 Å². The minimum atomic E-state index is -0.863. The van der Waals surface area contributed by atoms with Gasteiger partial charge in [0.15, 0.2) is 0 Å². The maximum absolute atomic E-state index is 13.3. The van der Waals surface area contributed by atoms with Gasteiger partial charge in [-0.1, -0.05) is 60.6 Å². The summed E-state index contributed by atoms with van der Waals surface area (Å²) in [5.41, 5.74) is 2.07. The molecule has 5 saturated carbocycles. The summed E-state index contributed by atoms with van der Waals surface area (Å²) in [4.78, 5) is 29.9. The first kappa shape index (κ1) is 39.3. The van der Waals surface area contributed by atoms with Crippen LogP contribution >= 0.6 is 0 Å². The molecule has 5 aliphatic carbocycles. The molecule has 6 rings (SSSR count). The molecule has 1 saturated heterocycles. The van der Waals surface area contributed by atoms with Gasteiger partial charge in [0.05, 0.1) is 12.8 Å². The zero-order valence-electron chi connectivity index (χ0n) is 34.5. The minimum absolute atomic E-state index is 0.0259. The van der Waals surface area contributed by atoms with E-state index >= 15 is 0 Å². The molecule has 51 heavy (non-hydrogen) atoms. The summed E-state index contributed by atoms with van der Waals surface area (Å²) in [6.07, 6.45) is 16.7. The van der Waals surface area contributed by atoms with Crippen molar-refractivity contribution in [1.29, 1.82) is 0 Å². The monoisotopic (exact) mass is 709 g/mol. The van der Waals surface area contributed by atoms with Crippen LogP contribution in [0.5, 0.6) is 0 Å². The summed E-state index contributed by atoms with van der Waals surface area (Å²) in [7, 11) is 4.50. The lowest BCUT2D eigenvalue weighted by Crippen LogP contribution is -2.66. The van der Waals surface area contributed by atoms with Crippen molar-refractivity contribution in [2.24, 2.45) is 62.1 Å². The molecule has 10 atom stereocenters. The second-order valence-corrected chi connectivity index (χ2v) is 21.6. The lowest BCUT2D eigenvalue weighted by molar-refractivity contribution is -0.250. The number of nitrogens with zero attached hydrogens (tertiary/aromatic N) is 2. The van der Waals surface area contributed by atoms with Gasteiger partial charge in [0.2, 0.25) is 0 Å². The van der Waals surface area contributed by atoms with E-state index in [-0.39, 0.29) is 35.7 Å². The number of hydrogen-bond donors (Lipinski definition) is 1. The first-order valence-electron chi connectivity index (χ1n) is 21.1. The van der Waals surface area contributed by atoms with Gasteiger partial charge in [-0.05, 0) is 181 Å². The third kappa shape index (κ3) is 6.69. The smallest absolute Gasteiger partial charge is 0.306 e. The van der Waals surface area contributed by atoms with Crippen molar-refractivity contribution in [3.8, 4) is 0 Å². The fourth-order valence-corrected chi connectivity index (χ4v) is 15.0. The highest BCUT2D eigenvalue weighted by Crippen LogP contribution is 2.78. The molecule has 6 aliphatic rings. The van der Waals surface area contributed by atoms with E-state index in [1.165, 1.54) is 95.8 Å². The van der Waals surface area contributed by atoms with E-state index < -0.39 is 11.4 Å². The van der Waals surface area contributed by atoms with Gasteiger partial charge in [0.1, 0.15) is 6.10 Å². The fraction of sp³-hybridized carbons (Fsp3) is 0.911. The highest BCUT2D eigenvalue weighted by atomic mass is 16.5. The summed E-state index contributed by atoms with van der Waals surface area (Å²) in [5, 5.41) is 9.36. The Morgan fingerprint density at radius 2 is 1.53 bits per heavy atom. The van der Waals surface area contributed by atoms with E-state index in [0.717, 1.165) is 30.7 Å². The van der Waals surface area contributed by atoms with Crippen LogP contribution in [0.25, 0.3) is 0 Å². The van der Waals surface area contributed by atoms with Crippen LogP contribution in [0.15, 0.2) is 12.2 Å². The fourth-order valence-electron chi connectivity index (χ4n) is 15.0. The van der Waals surface area contributed by atoms with E-state index in [2.05, 4.69) is 72.0 Å². The molecule has 6 nitrogen and oxygen atoms in total. The molecule has 0 radical (unpaired) electrons. The van der Waals surface area contributed by atoms with Crippen LogP contribution in [0, 0.1) is 62.1 Å². The molecule has 290 valence electrons. The van der Waals surface area contributed by atoms with Gasteiger partial charge in [0.25, 0.3) is 0 Å². The summed E-state index contributed by atoms with van der Waals surface area (Å²) >= 11 is 0. The predicted molar refractivity (Wildman–Crippen MR) is 207 cm³/mol. The topological polar surface area (TPSA) is 70.1 Å². The number of allylic oxidation sites excluding steroid dienone is 1. The summed E-state index contributed by atoms with van der Waals surface area (Å²) in [6.45, 7) is 27.4. The zero-order valence-corrected chi connectivity index (χ0v) is 34.5. The Kier molecular flexibility index (Phi) is 10.6. The third-order valence-corrected chi connectivity index (χ3v) is 17.9. The number of carbonyl (C=O) groups excluding carboxylic acids is 1. The zero-order chi connectivity index (χ0) is 37.4. The van der Waals surface area contributed by atoms with Gasteiger partial charge < -0.3 is 19.6 Å². The van der Waals surface area contributed by atoms with Crippen LogP contribution in [-0.2, 0) is 14.3 Å². The lowest BCUT2D eigenvalue weighted by Gasteiger charge is -2.73. The SMILES string of the molecule is C=C(C)C1CC[C@]2(CCN3CCC(N(C)C)CC3)CC[C@]3(C)[C@H](CCC4[C@@]5(C)CCC(OC(=O)CC(C)(C)CC(=O)O)C(C)(C)C5CC[C@]43C)C12. The van der Waals surface area contributed by atoms with Crippen molar-refractivity contribution >= 4 is 11.9 Å². The van der Waals surface area contributed by atoms with Gasteiger partial charge in [-0.2, -0.15) is 0 Å². The van der Waals surface area contributed by atoms with E-state index in [0.29, 0.717) is 34.0 Å². The molecule has 0 aromatic rings. The highest BCUT2D eigenvalue weighted by Gasteiger charge is 2.71. The Labute approximate surface area is 312 Å². The normalized spacial score (nSPS) is 42.7. The number of likely N-dealkylation sites (tertiary alicyclic amines) is 1. The van der Waals surface area contributed by atoms with Crippen molar-refractivity contribution < 1.29 is 19.4 Å². The van der Waals surface area contributed by atoms with Gasteiger partial charge in [0, 0.05) is 11.5 Å². The van der Waals surface area contributed by atoms with Gasteiger partial charge >= 0.3 is 11.9 Å². The van der Waals surface area contributed by atoms with Crippen molar-refractivity contribution in [3.63, 3.8) is 0 Å². The average molecular weight is 709 g/mol. The maximum atomic E-state index is 13.3. The number of esters is 1. The van der Waals surface area contributed by atoms with Crippen molar-refractivity contribution in [3.05, 3.63) is 12.2 Å². The number of hydrogen-bond acceptors (Lipinski definition) is 5. The molecular weight excluding hydrogens is 633 g/mol. The second-order valence-electron chi connectivity index (χ2n) is 21.6. The first-order valence-corrected chi connectivity index (χ1v) is 21.1. The molecule has 0 amide bonds. The minimum Gasteiger partial charge on any atom is -0.481 e. The number of carboxylic acid groups (broad SMARTS) is 1. The van der Waals surface area contributed by atoms with Crippen molar-refractivity contribution in [2.45, 2.75) is 164 Å². The van der Waals surface area contributed by atoms with E-state index in [9.17, 15) is 14.7 Å². The third-order valence-electron chi connectivity index (χ3n) is 17.9. The molecule has 0 bridgehead atoms. The number of piperidine rings is 1. The van der Waals surface area contributed by atoms with Crippen LogP contribution in [0.1, 0.15) is 152 Å². The number of carbonyl (C=O) groups is 2. The molecule has 1 aliphatic heterocycles. The highest BCUT2D eigenvalue weighted by molar-refractivity contribution is 5.73. The first-order chi connectivity index (χ1) is 23.7. The Balaban J connectivity index is 1.20. The van der Waals surface area contributed by atoms with Crippen LogP contribution in [0.4, 0.5) is 0 Å². The summed E-state index contributed by atoms with van der Waals surface area (Å²) in [5.74, 6) is 2.32. The lowest BCUT2D eigenvalue weighted by atomic mass is 9.32. The second kappa shape index (κ2) is 13.7. The Bertz CT molecular complexity index is 1330. The molecule has 1 N–H and O–H groups in total. The standard InChI is InChI=1S/C45H76N2O4/c1-30(2)32-14-21-45(24-27-47-25-17-31(18-26-47)46(10)11)23-22-43(8)33(39(32)45)12-13-35-42(7)19-16-36(41(5,6)34(42)15-20-44(35,43)9)51-38(50)29-40(3,4)28-37(48)49/h31-36,39H,1,12-29H2,2-11H3,(H,48,49)/t32?,33-,34?,35?,36?,39?,42+,43-,44-,45-/m1/s1. The molecule has 0 aromatic heterocycles. The van der Waals surface area contributed by atoms with Crippen molar-refractivity contribution in [2.75, 3.05) is 33.7 Å². The van der Waals surface area contributed by atoms with E-state index in [1.54, 1.807) is 0 Å². The van der Waals surface area contributed by atoms with Gasteiger partial charge in [-0.25, -0.2) is 0 Å². The van der Waals surface area contributed by atoms with Crippen LogP contribution in [0.2, 0.25) is 0 Å². The molecule has 1 heterocycles. The summed E-state index contributed by atoms with van der Waals surface area (Å²) < 4.78 is 6.31.